The summed E-state index contributed by atoms with van der Waals surface area (Å²) in [4.78, 5) is 0. The molecule has 0 aromatic carbocycles. The van der Waals surface area contributed by atoms with Gasteiger partial charge in [-0.15, -0.1) is 0 Å². The number of rotatable bonds is 7. The zero-order valence-corrected chi connectivity index (χ0v) is 13.4. The van der Waals surface area contributed by atoms with Crippen LogP contribution < -0.4 is 5.32 Å². The molecule has 0 bridgehead atoms. The summed E-state index contributed by atoms with van der Waals surface area (Å²) in [5.41, 5.74) is 0.608. The molecular weight excluding hydrogens is 218 g/mol. The third kappa shape index (κ3) is 5.30. The topological polar surface area (TPSA) is 12.0 Å². The molecular formula is C17H35N. The van der Waals surface area contributed by atoms with E-state index in [9.17, 15) is 0 Å². The van der Waals surface area contributed by atoms with Gasteiger partial charge in [0, 0.05) is 6.54 Å². The van der Waals surface area contributed by atoms with E-state index in [1.807, 2.05) is 0 Å². The molecule has 2 atom stereocenters. The Bertz CT molecular complexity index is 218. The third-order valence-electron chi connectivity index (χ3n) is 4.65. The molecule has 0 aromatic heterocycles. The van der Waals surface area contributed by atoms with Gasteiger partial charge in [-0.1, -0.05) is 47.0 Å². The van der Waals surface area contributed by atoms with Crippen LogP contribution in [-0.2, 0) is 0 Å². The summed E-state index contributed by atoms with van der Waals surface area (Å²) in [7, 11) is 2.13. The summed E-state index contributed by atoms with van der Waals surface area (Å²) in [6.07, 6.45) is 10.1. The van der Waals surface area contributed by atoms with E-state index in [1.54, 1.807) is 0 Å². The lowest BCUT2D eigenvalue weighted by molar-refractivity contribution is 0.106. The molecule has 0 amide bonds. The van der Waals surface area contributed by atoms with Crippen LogP contribution >= 0.6 is 0 Å². The highest BCUT2D eigenvalue weighted by Crippen LogP contribution is 2.44. The van der Waals surface area contributed by atoms with Crippen LogP contribution in [0.15, 0.2) is 0 Å². The second-order valence-corrected chi connectivity index (χ2v) is 7.55. The zero-order valence-electron chi connectivity index (χ0n) is 13.4. The van der Waals surface area contributed by atoms with E-state index >= 15 is 0 Å². The van der Waals surface area contributed by atoms with Gasteiger partial charge in [-0.25, -0.2) is 0 Å². The normalized spacial score (nSPS) is 29.2. The second-order valence-electron chi connectivity index (χ2n) is 7.55. The predicted molar refractivity (Wildman–Crippen MR) is 81.8 cm³/mol. The van der Waals surface area contributed by atoms with Crippen molar-refractivity contribution in [3.05, 3.63) is 0 Å². The third-order valence-corrected chi connectivity index (χ3v) is 4.65. The molecule has 18 heavy (non-hydrogen) atoms. The number of hydrogen-bond donors (Lipinski definition) is 1. The summed E-state index contributed by atoms with van der Waals surface area (Å²) >= 11 is 0. The van der Waals surface area contributed by atoms with E-state index in [1.165, 1.54) is 51.5 Å². The lowest BCUT2D eigenvalue weighted by atomic mass is 9.65. The quantitative estimate of drug-likeness (QED) is 0.683. The molecule has 1 rings (SSSR count). The van der Waals surface area contributed by atoms with Gasteiger partial charge in [0.15, 0.2) is 0 Å². The Morgan fingerprint density at radius 3 is 2.44 bits per heavy atom. The first-order valence-electron chi connectivity index (χ1n) is 8.12. The molecule has 0 saturated heterocycles. The molecule has 1 N–H and O–H groups in total. The van der Waals surface area contributed by atoms with Crippen LogP contribution in [0.1, 0.15) is 72.6 Å². The van der Waals surface area contributed by atoms with Crippen LogP contribution in [0, 0.1) is 23.2 Å². The largest absolute Gasteiger partial charge is 0.319 e. The summed E-state index contributed by atoms with van der Waals surface area (Å²) in [5.74, 6) is 2.70. The Kier molecular flexibility index (Phi) is 6.70. The van der Waals surface area contributed by atoms with Crippen molar-refractivity contribution in [3.8, 4) is 0 Å². The molecule has 0 heterocycles. The standard InChI is InChI=1S/C17H35N/c1-14(2)8-10-17(13-18-5)9-6-7-16(12-17)11-15(3)4/h14-16,18H,6-13H2,1-5H3. The minimum absolute atomic E-state index is 0.608. The Hall–Kier alpha value is -0.0400. The summed E-state index contributed by atoms with van der Waals surface area (Å²) < 4.78 is 0. The van der Waals surface area contributed by atoms with Gasteiger partial charge in [0.05, 0.1) is 0 Å². The van der Waals surface area contributed by atoms with Gasteiger partial charge in [0.25, 0.3) is 0 Å². The molecule has 1 nitrogen and oxygen atoms in total. The predicted octanol–water partition coefficient (Wildman–Crippen LogP) is 4.86. The van der Waals surface area contributed by atoms with Crippen LogP contribution in [0.25, 0.3) is 0 Å². The molecule has 1 saturated carbocycles. The molecule has 108 valence electrons. The monoisotopic (exact) mass is 253 g/mol. The highest BCUT2D eigenvalue weighted by molar-refractivity contribution is 4.88. The van der Waals surface area contributed by atoms with Gasteiger partial charge in [-0.05, 0) is 55.9 Å². The van der Waals surface area contributed by atoms with Crippen LogP contribution in [0.4, 0.5) is 0 Å². The molecule has 2 unspecified atom stereocenters. The van der Waals surface area contributed by atoms with E-state index in [2.05, 4.69) is 40.1 Å². The minimum atomic E-state index is 0.608. The highest BCUT2D eigenvalue weighted by atomic mass is 14.8. The SMILES string of the molecule is CNCC1(CCC(C)C)CCCC(CC(C)C)C1. The van der Waals surface area contributed by atoms with Gasteiger partial charge < -0.3 is 5.32 Å². The van der Waals surface area contributed by atoms with E-state index in [0.717, 1.165) is 17.8 Å². The van der Waals surface area contributed by atoms with Crippen molar-refractivity contribution in [2.45, 2.75) is 72.6 Å². The van der Waals surface area contributed by atoms with Crippen molar-refractivity contribution in [3.63, 3.8) is 0 Å². The van der Waals surface area contributed by atoms with Crippen molar-refractivity contribution in [2.75, 3.05) is 13.6 Å². The number of hydrogen-bond acceptors (Lipinski definition) is 1. The average molecular weight is 253 g/mol. The summed E-state index contributed by atoms with van der Waals surface area (Å²) in [6, 6.07) is 0. The second kappa shape index (κ2) is 7.53. The van der Waals surface area contributed by atoms with Gasteiger partial charge in [0.2, 0.25) is 0 Å². The maximum absolute atomic E-state index is 3.48. The molecule has 1 heteroatoms. The summed E-state index contributed by atoms with van der Waals surface area (Å²) in [6.45, 7) is 10.7. The Morgan fingerprint density at radius 1 is 1.17 bits per heavy atom. The first-order chi connectivity index (χ1) is 8.47. The Labute approximate surface area is 115 Å². The van der Waals surface area contributed by atoms with Crippen molar-refractivity contribution in [1.29, 1.82) is 0 Å². The smallest absolute Gasteiger partial charge is 0.000491 e. The van der Waals surface area contributed by atoms with Crippen molar-refractivity contribution < 1.29 is 0 Å². The molecule has 1 fully saturated rings. The average Bonchev–Trinajstić information content (AvgIpc) is 2.26. The van der Waals surface area contributed by atoms with E-state index in [0.29, 0.717) is 5.41 Å². The van der Waals surface area contributed by atoms with Gasteiger partial charge in [-0.2, -0.15) is 0 Å². The molecule has 0 aromatic rings. The molecule has 0 spiro atoms. The Morgan fingerprint density at radius 2 is 1.89 bits per heavy atom. The highest BCUT2D eigenvalue weighted by Gasteiger charge is 2.35. The van der Waals surface area contributed by atoms with Gasteiger partial charge in [-0.3, -0.25) is 0 Å². The van der Waals surface area contributed by atoms with Crippen LogP contribution in [-0.4, -0.2) is 13.6 Å². The van der Waals surface area contributed by atoms with E-state index in [4.69, 9.17) is 0 Å². The van der Waals surface area contributed by atoms with Crippen LogP contribution in [0.3, 0.4) is 0 Å². The van der Waals surface area contributed by atoms with E-state index in [-0.39, 0.29) is 0 Å². The lowest BCUT2D eigenvalue weighted by Crippen LogP contribution is -2.38. The van der Waals surface area contributed by atoms with Gasteiger partial charge >= 0.3 is 0 Å². The van der Waals surface area contributed by atoms with Crippen molar-refractivity contribution in [1.82, 2.24) is 5.32 Å². The fourth-order valence-corrected chi connectivity index (χ4v) is 3.90. The number of nitrogens with one attached hydrogen (secondary N) is 1. The van der Waals surface area contributed by atoms with E-state index < -0.39 is 0 Å². The molecule has 1 aliphatic carbocycles. The van der Waals surface area contributed by atoms with Crippen LogP contribution in [0.5, 0.6) is 0 Å². The Balaban J connectivity index is 2.58. The first-order valence-corrected chi connectivity index (χ1v) is 8.12. The zero-order chi connectivity index (χ0) is 13.6. The van der Waals surface area contributed by atoms with Crippen molar-refractivity contribution >= 4 is 0 Å². The lowest BCUT2D eigenvalue weighted by Gasteiger charge is -2.42. The van der Waals surface area contributed by atoms with Crippen LogP contribution in [0.2, 0.25) is 0 Å². The molecule has 0 radical (unpaired) electrons. The first kappa shape index (κ1) is 16.0. The van der Waals surface area contributed by atoms with Crippen molar-refractivity contribution in [2.24, 2.45) is 23.2 Å². The minimum Gasteiger partial charge on any atom is -0.319 e. The van der Waals surface area contributed by atoms with Gasteiger partial charge in [0.1, 0.15) is 0 Å². The molecule has 1 aliphatic rings. The molecule has 0 aliphatic heterocycles. The maximum Gasteiger partial charge on any atom is 0.000491 e. The fraction of sp³-hybridized carbons (Fsp3) is 1.00. The fourth-order valence-electron chi connectivity index (χ4n) is 3.90. The summed E-state index contributed by atoms with van der Waals surface area (Å²) in [5, 5.41) is 3.48. The maximum atomic E-state index is 3.48.